The van der Waals surface area contributed by atoms with E-state index in [1.807, 2.05) is 0 Å². The predicted molar refractivity (Wildman–Crippen MR) is 46.7 cm³/mol. The van der Waals surface area contributed by atoms with Gasteiger partial charge in [0, 0.05) is 26.7 Å². The maximum absolute atomic E-state index is 5.00. The van der Waals surface area contributed by atoms with Gasteiger partial charge in [-0.2, -0.15) is 0 Å². The molecule has 0 aliphatic carbocycles. The van der Waals surface area contributed by atoms with E-state index in [4.69, 9.17) is 4.74 Å². The lowest BCUT2D eigenvalue weighted by atomic mass is 9.95. The van der Waals surface area contributed by atoms with E-state index in [1.165, 1.54) is 25.9 Å². The van der Waals surface area contributed by atoms with E-state index in [2.05, 4.69) is 11.8 Å². The third-order valence-electron chi connectivity index (χ3n) is 2.34. The standard InChI is InChI=1S/C9H19NO/c1-3-4-9-7-10(8-9)5-6-11-2/h9H,3-8H2,1-2H3. The maximum Gasteiger partial charge on any atom is 0.0589 e. The fourth-order valence-electron chi connectivity index (χ4n) is 1.67. The molecule has 0 aromatic heterocycles. The number of likely N-dealkylation sites (tertiary alicyclic amines) is 1. The highest BCUT2D eigenvalue weighted by Gasteiger charge is 2.24. The Morgan fingerprint density at radius 2 is 2.18 bits per heavy atom. The Labute approximate surface area is 69.5 Å². The first-order valence-electron chi connectivity index (χ1n) is 4.58. The number of methoxy groups -OCH3 is 1. The van der Waals surface area contributed by atoms with Crippen LogP contribution in [0.5, 0.6) is 0 Å². The molecule has 0 saturated carbocycles. The van der Waals surface area contributed by atoms with Gasteiger partial charge in [-0.15, -0.1) is 0 Å². The molecule has 1 heterocycles. The third kappa shape index (κ3) is 2.80. The summed E-state index contributed by atoms with van der Waals surface area (Å²) in [5, 5.41) is 0. The summed E-state index contributed by atoms with van der Waals surface area (Å²) >= 11 is 0. The highest BCUT2D eigenvalue weighted by Crippen LogP contribution is 2.19. The highest BCUT2D eigenvalue weighted by atomic mass is 16.5. The molecule has 0 aromatic carbocycles. The normalized spacial score (nSPS) is 20.2. The lowest BCUT2D eigenvalue weighted by molar-refractivity contribution is 0.0604. The van der Waals surface area contributed by atoms with Crippen molar-refractivity contribution in [3.63, 3.8) is 0 Å². The second-order valence-electron chi connectivity index (χ2n) is 3.41. The molecule has 0 radical (unpaired) electrons. The van der Waals surface area contributed by atoms with Gasteiger partial charge in [-0.1, -0.05) is 13.3 Å². The van der Waals surface area contributed by atoms with Gasteiger partial charge in [0.15, 0.2) is 0 Å². The minimum absolute atomic E-state index is 0.888. The summed E-state index contributed by atoms with van der Waals surface area (Å²) < 4.78 is 5.00. The predicted octanol–water partition coefficient (Wildman–Crippen LogP) is 1.36. The summed E-state index contributed by atoms with van der Waals surface area (Å²) in [5.41, 5.74) is 0. The minimum atomic E-state index is 0.888. The lowest BCUT2D eigenvalue weighted by Gasteiger charge is -2.39. The van der Waals surface area contributed by atoms with E-state index >= 15 is 0 Å². The summed E-state index contributed by atoms with van der Waals surface area (Å²) in [5.74, 6) is 0.983. The molecule has 0 amide bonds. The topological polar surface area (TPSA) is 12.5 Å². The molecule has 1 rings (SSSR count). The Hall–Kier alpha value is -0.0800. The van der Waals surface area contributed by atoms with Crippen molar-refractivity contribution in [1.29, 1.82) is 0 Å². The van der Waals surface area contributed by atoms with E-state index in [9.17, 15) is 0 Å². The van der Waals surface area contributed by atoms with Gasteiger partial charge in [-0.3, -0.25) is 0 Å². The average Bonchev–Trinajstić information content (AvgIpc) is 1.94. The number of hydrogen-bond acceptors (Lipinski definition) is 2. The van der Waals surface area contributed by atoms with Gasteiger partial charge in [-0.25, -0.2) is 0 Å². The summed E-state index contributed by atoms with van der Waals surface area (Å²) in [6.45, 7) is 6.88. The smallest absolute Gasteiger partial charge is 0.0589 e. The van der Waals surface area contributed by atoms with E-state index in [0.717, 1.165) is 19.1 Å². The molecule has 1 fully saturated rings. The van der Waals surface area contributed by atoms with Crippen LogP contribution >= 0.6 is 0 Å². The number of hydrogen-bond donors (Lipinski definition) is 0. The fraction of sp³-hybridized carbons (Fsp3) is 1.00. The van der Waals surface area contributed by atoms with E-state index in [-0.39, 0.29) is 0 Å². The summed E-state index contributed by atoms with van der Waals surface area (Å²) in [7, 11) is 1.77. The molecular weight excluding hydrogens is 138 g/mol. The zero-order chi connectivity index (χ0) is 8.10. The second kappa shape index (κ2) is 4.73. The Morgan fingerprint density at radius 3 is 2.73 bits per heavy atom. The number of rotatable bonds is 5. The number of nitrogens with zero attached hydrogens (tertiary/aromatic N) is 1. The van der Waals surface area contributed by atoms with Crippen molar-refractivity contribution in [2.75, 3.05) is 33.4 Å². The molecule has 0 N–H and O–H groups in total. The van der Waals surface area contributed by atoms with Gasteiger partial charge in [0.25, 0.3) is 0 Å². The van der Waals surface area contributed by atoms with E-state index in [1.54, 1.807) is 7.11 Å². The van der Waals surface area contributed by atoms with Crippen molar-refractivity contribution in [3.05, 3.63) is 0 Å². The first kappa shape index (κ1) is 9.01. The van der Waals surface area contributed by atoms with Crippen molar-refractivity contribution in [3.8, 4) is 0 Å². The molecule has 2 nitrogen and oxygen atoms in total. The quantitative estimate of drug-likeness (QED) is 0.597. The van der Waals surface area contributed by atoms with Gasteiger partial charge in [0.2, 0.25) is 0 Å². The van der Waals surface area contributed by atoms with Gasteiger partial charge in [0.1, 0.15) is 0 Å². The molecule has 0 spiro atoms. The Balaban J connectivity index is 1.92. The van der Waals surface area contributed by atoms with Crippen LogP contribution in [0, 0.1) is 5.92 Å². The molecule has 1 aliphatic rings. The van der Waals surface area contributed by atoms with Crippen LogP contribution in [0.4, 0.5) is 0 Å². The van der Waals surface area contributed by atoms with Gasteiger partial charge in [0.05, 0.1) is 6.61 Å². The molecule has 66 valence electrons. The zero-order valence-corrected chi connectivity index (χ0v) is 7.68. The molecule has 11 heavy (non-hydrogen) atoms. The van der Waals surface area contributed by atoms with Crippen molar-refractivity contribution >= 4 is 0 Å². The molecular formula is C9H19NO. The van der Waals surface area contributed by atoms with Crippen molar-refractivity contribution in [2.45, 2.75) is 19.8 Å². The first-order chi connectivity index (χ1) is 5.36. The van der Waals surface area contributed by atoms with E-state index in [0.29, 0.717) is 0 Å². The van der Waals surface area contributed by atoms with Crippen molar-refractivity contribution < 1.29 is 4.74 Å². The van der Waals surface area contributed by atoms with Crippen LogP contribution in [-0.2, 0) is 4.74 Å². The Bertz CT molecular complexity index is 99.7. The molecule has 1 saturated heterocycles. The molecule has 2 heteroatoms. The third-order valence-corrected chi connectivity index (χ3v) is 2.34. The largest absolute Gasteiger partial charge is 0.383 e. The van der Waals surface area contributed by atoms with Gasteiger partial charge >= 0.3 is 0 Å². The second-order valence-corrected chi connectivity index (χ2v) is 3.41. The average molecular weight is 157 g/mol. The maximum atomic E-state index is 5.00. The fourth-order valence-corrected chi connectivity index (χ4v) is 1.67. The monoisotopic (exact) mass is 157 g/mol. The molecule has 0 unspecified atom stereocenters. The molecule has 0 bridgehead atoms. The van der Waals surface area contributed by atoms with Crippen LogP contribution < -0.4 is 0 Å². The summed E-state index contributed by atoms with van der Waals surface area (Å²) in [6, 6.07) is 0. The van der Waals surface area contributed by atoms with Crippen LogP contribution in [0.25, 0.3) is 0 Å². The first-order valence-corrected chi connectivity index (χ1v) is 4.58. The van der Waals surface area contributed by atoms with Crippen LogP contribution in [-0.4, -0.2) is 38.3 Å². The van der Waals surface area contributed by atoms with Crippen LogP contribution in [0.3, 0.4) is 0 Å². The van der Waals surface area contributed by atoms with Crippen LogP contribution in [0.2, 0.25) is 0 Å². The number of ether oxygens (including phenoxy) is 1. The van der Waals surface area contributed by atoms with E-state index < -0.39 is 0 Å². The highest BCUT2D eigenvalue weighted by molar-refractivity contribution is 4.78. The summed E-state index contributed by atoms with van der Waals surface area (Å²) in [4.78, 5) is 2.46. The minimum Gasteiger partial charge on any atom is -0.383 e. The van der Waals surface area contributed by atoms with Crippen molar-refractivity contribution in [1.82, 2.24) is 4.90 Å². The van der Waals surface area contributed by atoms with Gasteiger partial charge in [-0.05, 0) is 12.3 Å². The lowest BCUT2D eigenvalue weighted by Crippen LogP contribution is -2.47. The van der Waals surface area contributed by atoms with Crippen LogP contribution in [0.1, 0.15) is 19.8 Å². The molecule has 0 aromatic rings. The zero-order valence-electron chi connectivity index (χ0n) is 7.68. The SMILES string of the molecule is CCCC1CN(CCOC)C1. The Kier molecular flexibility index (Phi) is 3.87. The molecule has 0 atom stereocenters. The van der Waals surface area contributed by atoms with Crippen molar-refractivity contribution in [2.24, 2.45) is 5.92 Å². The summed E-state index contributed by atoms with van der Waals surface area (Å²) in [6.07, 6.45) is 2.74. The Morgan fingerprint density at radius 1 is 1.45 bits per heavy atom. The molecule has 1 aliphatic heterocycles. The van der Waals surface area contributed by atoms with Gasteiger partial charge < -0.3 is 9.64 Å². The van der Waals surface area contributed by atoms with Crippen LogP contribution in [0.15, 0.2) is 0 Å².